The minimum Gasteiger partial charge on any atom is -0.508 e. The van der Waals surface area contributed by atoms with E-state index in [9.17, 15) is 14.4 Å². The van der Waals surface area contributed by atoms with Crippen LogP contribution in [0.3, 0.4) is 0 Å². The number of hydrogen-bond donors (Lipinski definition) is 1. The van der Waals surface area contributed by atoms with Crippen molar-refractivity contribution in [3.8, 4) is 5.75 Å². The molecule has 0 spiro atoms. The first-order valence-electron chi connectivity index (χ1n) is 14.9. The SMILES string of the molecule is CC(C)C(=O)OC1C2CC3C(=O)OC1C3C2.CCc1ccc(C(=O)OC(C)(C)CC)cc1.CCc1ccc(O)cc1. The van der Waals surface area contributed by atoms with E-state index in [0.29, 0.717) is 23.1 Å². The highest BCUT2D eigenvalue weighted by Crippen LogP contribution is 2.55. The van der Waals surface area contributed by atoms with Crippen LogP contribution in [0, 0.1) is 23.7 Å². The molecule has 0 radical (unpaired) electrons. The van der Waals surface area contributed by atoms with Crippen molar-refractivity contribution in [2.45, 2.75) is 98.4 Å². The molecule has 7 heteroatoms. The van der Waals surface area contributed by atoms with Crippen molar-refractivity contribution in [1.29, 1.82) is 0 Å². The summed E-state index contributed by atoms with van der Waals surface area (Å²) in [4.78, 5) is 34.9. The van der Waals surface area contributed by atoms with Crippen molar-refractivity contribution in [2.24, 2.45) is 23.7 Å². The molecule has 5 unspecified atom stereocenters. The van der Waals surface area contributed by atoms with Gasteiger partial charge in [0.05, 0.1) is 17.4 Å². The second-order valence-electron chi connectivity index (χ2n) is 12.0. The lowest BCUT2D eigenvalue weighted by Gasteiger charge is -2.25. The molecule has 5 rings (SSSR count). The van der Waals surface area contributed by atoms with E-state index >= 15 is 0 Å². The third-order valence-electron chi connectivity index (χ3n) is 8.30. The van der Waals surface area contributed by atoms with Gasteiger partial charge >= 0.3 is 17.9 Å². The maximum Gasteiger partial charge on any atom is 0.338 e. The lowest BCUT2D eigenvalue weighted by Crippen LogP contribution is -2.36. The monoisotopic (exact) mass is 566 g/mol. The molecule has 0 amide bonds. The summed E-state index contributed by atoms with van der Waals surface area (Å²) in [5.41, 5.74) is 2.72. The molecule has 41 heavy (non-hydrogen) atoms. The van der Waals surface area contributed by atoms with Gasteiger partial charge in [0.25, 0.3) is 0 Å². The number of ether oxygens (including phenoxy) is 3. The second-order valence-corrected chi connectivity index (χ2v) is 12.0. The Bertz CT molecular complexity index is 1170. The highest BCUT2D eigenvalue weighted by atomic mass is 16.6. The van der Waals surface area contributed by atoms with E-state index in [1.165, 1.54) is 11.1 Å². The Labute approximate surface area is 244 Å². The molecule has 2 saturated carbocycles. The summed E-state index contributed by atoms with van der Waals surface area (Å²) >= 11 is 0. The maximum absolute atomic E-state index is 11.8. The minimum atomic E-state index is -0.388. The molecule has 1 saturated heterocycles. The van der Waals surface area contributed by atoms with Crippen molar-refractivity contribution < 1.29 is 33.7 Å². The van der Waals surface area contributed by atoms with Crippen molar-refractivity contribution in [3.05, 3.63) is 65.2 Å². The summed E-state index contributed by atoms with van der Waals surface area (Å²) in [7, 11) is 0. The predicted octanol–water partition coefficient (Wildman–Crippen LogP) is 6.68. The lowest BCUT2D eigenvalue weighted by atomic mass is 9.88. The van der Waals surface area contributed by atoms with Crippen LogP contribution < -0.4 is 0 Å². The Kier molecular flexibility index (Phi) is 11.0. The summed E-state index contributed by atoms with van der Waals surface area (Å²) in [6, 6.07) is 14.9. The number of rotatable bonds is 7. The van der Waals surface area contributed by atoms with Gasteiger partial charge in [-0.15, -0.1) is 0 Å². The molecule has 3 aliphatic rings. The average Bonchev–Trinajstić information content (AvgIpc) is 3.59. The number of esters is 3. The largest absolute Gasteiger partial charge is 0.508 e. The van der Waals surface area contributed by atoms with Gasteiger partial charge in [-0.2, -0.15) is 0 Å². The molecule has 1 aliphatic heterocycles. The van der Waals surface area contributed by atoms with Gasteiger partial charge in [0, 0.05) is 11.8 Å². The minimum absolute atomic E-state index is 0.0828. The van der Waals surface area contributed by atoms with Crippen LogP contribution in [0.25, 0.3) is 0 Å². The molecular formula is C34H46O7. The molecule has 0 aromatic heterocycles. The second kappa shape index (κ2) is 14.0. The van der Waals surface area contributed by atoms with E-state index in [1.807, 2.05) is 71.0 Å². The zero-order valence-corrected chi connectivity index (χ0v) is 25.5. The Morgan fingerprint density at radius 2 is 1.51 bits per heavy atom. The number of fused-ring (bicyclic) bond motifs is 1. The van der Waals surface area contributed by atoms with Gasteiger partial charge in [0.15, 0.2) is 0 Å². The zero-order valence-electron chi connectivity index (χ0n) is 25.5. The highest BCUT2D eigenvalue weighted by Gasteiger charge is 2.63. The maximum atomic E-state index is 11.8. The van der Waals surface area contributed by atoms with Crippen LogP contribution in [0.5, 0.6) is 5.75 Å². The van der Waals surface area contributed by atoms with E-state index in [-0.39, 0.29) is 47.6 Å². The van der Waals surface area contributed by atoms with E-state index in [4.69, 9.17) is 19.3 Å². The topological polar surface area (TPSA) is 99.1 Å². The average molecular weight is 567 g/mol. The normalized spacial score (nSPS) is 23.6. The highest BCUT2D eigenvalue weighted by molar-refractivity contribution is 5.89. The Hall–Kier alpha value is -3.35. The lowest BCUT2D eigenvalue weighted by molar-refractivity contribution is -0.164. The molecular weight excluding hydrogens is 520 g/mol. The van der Waals surface area contributed by atoms with Gasteiger partial charge in [-0.25, -0.2) is 4.79 Å². The van der Waals surface area contributed by atoms with Crippen LogP contribution in [-0.4, -0.2) is 40.8 Å². The standard InChI is InChI=1S/C14H20O2.C12H16O4.C8H10O/c1-5-11-7-9-12(10-8-11)13(15)16-14(3,4)6-2;1-5(2)11(13)15-9-6-3-7-8(4-6)12(14)16-10(7)9;1-2-7-3-5-8(9)6-4-7/h7-10H,5-6H2,1-4H3;5-10H,3-4H2,1-2H3;3-6,9H,2H2,1H3. The molecule has 5 atom stereocenters. The van der Waals surface area contributed by atoms with Gasteiger partial charge in [0.1, 0.15) is 23.6 Å². The van der Waals surface area contributed by atoms with Gasteiger partial charge in [0.2, 0.25) is 0 Å². The third-order valence-corrected chi connectivity index (χ3v) is 8.30. The van der Waals surface area contributed by atoms with Crippen molar-refractivity contribution in [2.75, 3.05) is 0 Å². The number of phenols is 1. The zero-order chi connectivity index (χ0) is 30.3. The number of hydrogen-bond acceptors (Lipinski definition) is 7. The van der Waals surface area contributed by atoms with Gasteiger partial charge in [-0.3, -0.25) is 9.59 Å². The van der Waals surface area contributed by atoms with E-state index in [1.54, 1.807) is 12.1 Å². The first-order valence-corrected chi connectivity index (χ1v) is 14.9. The van der Waals surface area contributed by atoms with Crippen LogP contribution >= 0.6 is 0 Å². The smallest absolute Gasteiger partial charge is 0.338 e. The molecule has 2 bridgehead atoms. The quantitative estimate of drug-likeness (QED) is 0.295. The van der Waals surface area contributed by atoms with Crippen LogP contribution in [0.1, 0.15) is 89.2 Å². The number of phenolic OH excluding ortho intramolecular Hbond substituents is 1. The summed E-state index contributed by atoms with van der Waals surface area (Å²) in [6.45, 7) is 13.7. The number of carbonyl (C=O) groups excluding carboxylic acids is 3. The van der Waals surface area contributed by atoms with Crippen molar-refractivity contribution in [3.63, 3.8) is 0 Å². The van der Waals surface area contributed by atoms with Crippen LogP contribution in [0.4, 0.5) is 0 Å². The van der Waals surface area contributed by atoms with Gasteiger partial charge in [-0.1, -0.05) is 58.9 Å². The van der Waals surface area contributed by atoms with Crippen molar-refractivity contribution in [1.82, 2.24) is 0 Å². The van der Waals surface area contributed by atoms with Crippen molar-refractivity contribution >= 4 is 17.9 Å². The number of carbonyl (C=O) groups is 3. The summed E-state index contributed by atoms with van der Waals surface area (Å²) in [6.07, 6.45) is 4.32. The van der Waals surface area contributed by atoms with Crippen LogP contribution in [-0.2, 0) is 36.6 Å². The molecule has 2 aliphatic carbocycles. The summed E-state index contributed by atoms with van der Waals surface area (Å²) < 4.78 is 16.2. The molecule has 1 N–H and O–H groups in total. The van der Waals surface area contributed by atoms with E-state index in [0.717, 1.165) is 32.1 Å². The summed E-state index contributed by atoms with van der Waals surface area (Å²) in [5.74, 6) is 0.451. The molecule has 1 heterocycles. The fraction of sp³-hybridized carbons (Fsp3) is 0.559. The third kappa shape index (κ3) is 8.34. The van der Waals surface area contributed by atoms with Crippen LogP contribution in [0.2, 0.25) is 0 Å². The molecule has 3 fully saturated rings. The Morgan fingerprint density at radius 1 is 0.951 bits per heavy atom. The first-order chi connectivity index (χ1) is 19.4. The summed E-state index contributed by atoms with van der Waals surface area (Å²) in [5, 5.41) is 8.85. The first kappa shape index (κ1) is 32.2. The van der Waals surface area contributed by atoms with Gasteiger partial charge in [-0.05, 0) is 81.3 Å². The number of aryl methyl sites for hydroxylation is 2. The Morgan fingerprint density at radius 3 is 2.02 bits per heavy atom. The molecule has 224 valence electrons. The molecule has 2 aromatic rings. The predicted molar refractivity (Wildman–Crippen MR) is 157 cm³/mol. The van der Waals surface area contributed by atoms with E-state index in [2.05, 4.69) is 13.8 Å². The fourth-order valence-corrected chi connectivity index (χ4v) is 5.32. The van der Waals surface area contributed by atoms with Crippen LogP contribution in [0.15, 0.2) is 48.5 Å². The number of aromatic hydroxyl groups is 1. The Balaban J connectivity index is 0.000000176. The molecule has 2 aromatic carbocycles. The molecule has 7 nitrogen and oxygen atoms in total. The fourth-order valence-electron chi connectivity index (χ4n) is 5.32. The number of benzene rings is 2. The van der Waals surface area contributed by atoms with Gasteiger partial charge < -0.3 is 19.3 Å². The van der Waals surface area contributed by atoms with E-state index < -0.39 is 0 Å².